The van der Waals surface area contributed by atoms with E-state index in [1.807, 2.05) is 6.92 Å². The van der Waals surface area contributed by atoms with Crippen LogP contribution < -0.4 is 10.1 Å². The van der Waals surface area contributed by atoms with E-state index < -0.39 is 20.6 Å². The van der Waals surface area contributed by atoms with E-state index in [1.165, 1.54) is 23.5 Å². The average Bonchev–Trinajstić information content (AvgIpc) is 2.46. The Morgan fingerprint density at radius 1 is 1.48 bits per heavy atom. The van der Waals surface area contributed by atoms with Gasteiger partial charge < -0.3 is 10.1 Å². The smallest absolute Gasteiger partial charge is 0.293 e. The van der Waals surface area contributed by atoms with E-state index >= 15 is 0 Å². The summed E-state index contributed by atoms with van der Waals surface area (Å²) in [6, 6.07) is 3.76. The first-order valence-corrected chi connectivity index (χ1v) is 7.86. The molecular weight excluding hydrogens is 298 g/mol. The Bertz CT molecular complexity index is 646. The third kappa shape index (κ3) is 3.14. The highest BCUT2D eigenvalue weighted by Gasteiger charge is 2.34. The van der Waals surface area contributed by atoms with Gasteiger partial charge in [-0.05, 0) is 19.1 Å². The lowest BCUT2D eigenvalue weighted by Crippen LogP contribution is -2.51. The van der Waals surface area contributed by atoms with Gasteiger partial charge >= 0.3 is 0 Å². The standard InChI is InChI=1S/C12H17N3O5S/c1-9-8-14(6-5-13-9)21(18,19)12-4-3-10(20-2)7-11(12)15(16)17/h3-4,7,9,13H,5-6,8H2,1-2H3/t9-/m0/s1. The van der Waals surface area contributed by atoms with Gasteiger partial charge in [-0.1, -0.05) is 0 Å². The van der Waals surface area contributed by atoms with Gasteiger partial charge in [-0.2, -0.15) is 4.31 Å². The molecule has 0 spiro atoms. The van der Waals surface area contributed by atoms with Gasteiger partial charge in [0, 0.05) is 25.7 Å². The molecule has 8 nitrogen and oxygen atoms in total. The van der Waals surface area contributed by atoms with Crippen molar-refractivity contribution in [3.8, 4) is 5.75 Å². The van der Waals surface area contributed by atoms with Crippen molar-refractivity contribution < 1.29 is 18.1 Å². The minimum atomic E-state index is -3.90. The van der Waals surface area contributed by atoms with Gasteiger partial charge in [0.15, 0.2) is 4.90 Å². The molecule has 1 saturated heterocycles. The molecule has 1 aromatic rings. The molecule has 1 fully saturated rings. The van der Waals surface area contributed by atoms with E-state index in [4.69, 9.17) is 4.74 Å². The fraction of sp³-hybridized carbons (Fsp3) is 0.500. The zero-order valence-electron chi connectivity index (χ0n) is 11.8. The van der Waals surface area contributed by atoms with E-state index in [1.54, 1.807) is 0 Å². The third-order valence-corrected chi connectivity index (χ3v) is 5.22. The molecule has 0 unspecified atom stereocenters. The second-order valence-electron chi connectivity index (χ2n) is 4.81. The summed E-state index contributed by atoms with van der Waals surface area (Å²) in [4.78, 5) is 10.1. The lowest BCUT2D eigenvalue weighted by molar-refractivity contribution is -0.387. The third-order valence-electron chi connectivity index (χ3n) is 3.31. The first-order valence-electron chi connectivity index (χ1n) is 6.42. The Labute approximate surface area is 122 Å². The summed E-state index contributed by atoms with van der Waals surface area (Å²) in [5.74, 6) is 0.245. The SMILES string of the molecule is COc1ccc(S(=O)(=O)N2CCN[C@@H](C)C2)c([N+](=O)[O-])c1. The van der Waals surface area contributed by atoms with Crippen LogP contribution in [-0.2, 0) is 10.0 Å². The number of rotatable bonds is 4. The van der Waals surface area contributed by atoms with Gasteiger partial charge in [0.25, 0.3) is 5.69 Å². The summed E-state index contributed by atoms with van der Waals surface area (Å²) in [5.41, 5.74) is -0.472. The Morgan fingerprint density at radius 2 is 2.19 bits per heavy atom. The quantitative estimate of drug-likeness (QED) is 0.644. The molecule has 0 radical (unpaired) electrons. The van der Waals surface area contributed by atoms with Crippen LogP contribution >= 0.6 is 0 Å². The Morgan fingerprint density at radius 3 is 2.76 bits per heavy atom. The van der Waals surface area contributed by atoms with E-state index in [0.717, 1.165) is 6.07 Å². The molecule has 1 aliphatic heterocycles. The molecule has 21 heavy (non-hydrogen) atoms. The summed E-state index contributed by atoms with van der Waals surface area (Å²) in [6.45, 7) is 2.95. The van der Waals surface area contributed by atoms with Crippen molar-refractivity contribution in [2.45, 2.75) is 17.9 Å². The molecule has 0 aliphatic carbocycles. The largest absolute Gasteiger partial charge is 0.497 e. The number of ether oxygens (including phenoxy) is 1. The van der Waals surface area contributed by atoms with Gasteiger partial charge in [-0.25, -0.2) is 8.42 Å². The minimum Gasteiger partial charge on any atom is -0.497 e. The predicted octanol–water partition coefficient (Wildman–Crippen LogP) is 0.586. The number of sulfonamides is 1. The highest BCUT2D eigenvalue weighted by molar-refractivity contribution is 7.89. The van der Waals surface area contributed by atoms with Crippen molar-refractivity contribution in [1.29, 1.82) is 0 Å². The van der Waals surface area contributed by atoms with Gasteiger partial charge in [0.05, 0.1) is 18.1 Å². The fourth-order valence-electron chi connectivity index (χ4n) is 2.24. The van der Waals surface area contributed by atoms with Gasteiger partial charge in [-0.3, -0.25) is 10.1 Å². The maximum Gasteiger partial charge on any atom is 0.293 e. The number of nitrogens with zero attached hydrogens (tertiary/aromatic N) is 2. The molecule has 0 saturated carbocycles. The van der Waals surface area contributed by atoms with Gasteiger partial charge in [0.1, 0.15) is 5.75 Å². The number of nitro benzene ring substituents is 1. The van der Waals surface area contributed by atoms with Crippen molar-refractivity contribution in [2.75, 3.05) is 26.7 Å². The normalized spacial score (nSPS) is 20.2. The average molecular weight is 315 g/mol. The van der Waals surface area contributed by atoms with Crippen molar-refractivity contribution in [2.24, 2.45) is 0 Å². The fourth-order valence-corrected chi connectivity index (χ4v) is 3.91. The molecule has 1 aliphatic rings. The van der Waals surface area contributed by atoms with Crippen LogP contribution in [0.2, 0.25) is 0 Å². The first-order chi connectivity index (χ1) is 9.86. The monoisotopic (exact) mass is 315 g/mol. The molecule has 0 amide bonds. The van der Waals surface area contributed by atoms with Crippen molar-refractivity contribution in [1.82, 2.24) is 9.62 Å². The van der Waals surface area contributed by atoms with Crippen LogP contribution in [0.3, 0.4) is 0 Å². The molecule has 0 aromatic heterocycles. The van der Waals surface area contributed by atoms with Crippen LogP contribution in [0, 0.1) is 10.1 Å². The summed E-state index contributed by atoms with van der Waals surface area (Å²) < 4.78 is 31.4. The minimum absolute atomic E-state index is 0.00540. The van der Waals surface area contributed by atoms with Crippen LogP contribution in [0.4, 0.5) is 5.69 Å². The Kier molecular flexibility index (Phi) is 4.45. The van der Waals surface area contributed by atoms with Crippen molar-refractivity contribution in [3.63, 3.8) is 0 Å². The van der Waals surface area contributed by atoms with Crippen LogP contribution in [0.1, 0.15) is 6.92 Å². The molecule has 9 heteroatoms. The van der Waals surface area contributed by atoms with E-state index in [-0.39, 0.29) is 29.8 Å². The van der Waals surface area contributed by atoms with E-state index in [9.17, 15) is 18.5 Å². The number of nitrogens with one attached hydrogen (secondary N) is 1. The summed E-state index contributed by atoms with van der Waals surface area (Å²) in [5, 5.41) is 14.3. The molecule has 1 aromatic carbocycles. The second-order valence-corrected chi connectivity index (χ2v) is 6.72. The van der Waals surface area contributed by atoms with Crippen molar-refractivity contribution in [3.05, 3.63) is 28.3 Å². The molecule has 1 heterocycles. The number of hydrogen-bond acceptors (Lipinski definition) is 6. The molecule has 116 valence electrons. The predicted molar refractivity (Wildman–Crippen MR) is 75.9 cm³/mol. The molecule has 1 N–H and O–H groups in total. The Balaban J connectivity index is 2.46. The van der Waals surface area contributed by atoms with Gasteiger partial charge in [-0.15, -0.1) is 0 Å². The molecule has 2 rings (SSSR count). The van der Waals surface area contributed by atoms with E-state index in [0.29, 0.717) is 6.54 Å². The highest BCUT2D eigenvalue weighted by Crippen LogP contribution is 2.30. The van der Waals surface area contributed by atoms with Crippen LogP contribution in [-0.4, -0.2) is 50.4 Å². The maximum absolute atomic E-state index is 12.6. The van der Waals surface area contributed by atoms with Crippen molar-refractivity contribution >= 4 is 15.7 Å². The first kappa shape index (κ1) is 15.7. The maximum atomic E-state index is 12.6. The number of benzene rings is 1. The van der Waals surface area contributed by atoms with E-state index in [2.05, 4.69) is 5.32 Å². The van der Waals surface area contributed by atoms with Gasteiger partial charge in [0.2, 0.25) is 10.0 Å². The zero-order chi connectivity index (χ0) is 15.6. The molecule has 0 bridgehead atoms. The topological polar surface area (TPSA) is 102 Å². The summed E-state index contributed by atoms with van der Waals surface area (Å²) >= 11 is 0. The second kappa shape index (κ2) is 5.96. The lowest BCUT2D eigenvalue weighted by atomic mass is 10.3. The van der Waals surface area contributed by atoms with Crippen LogP contribution in [0.15, 0.2) is 23.1 Å². The summed E-state index contributed by atoms with van der Waals surface area (Å²) in [7, 11) is -2.53. The molecular formula is C12H17N3O5S. The number of hydrogen-bond donors (Lipinski definition) is 1. The number of nitro groups is 1. The summed E-state index contributed by atoms with van der Waals surface area (Å²) in [6.07, 6.45) is 0. The van der Waals surface area contributed by atoms with Crippen LogP contribution in [0.5, 0.6) is 5.75 Å². The zero-order valence-corrected chi connectivity index (χ0v) is 12.6. The number of methoxy groups -OCH3 is 1. The lowest BCUT2D eigenvalue weighted by Gasteiger charge is -2.30. The highest BCUT2D eigenvalue weighted by atomic mass is 32.2. The van der Waals surface area contributed by atoms with Crippen LogP contribution in [0.25, 0.3) is 0 Å². The molecule has 1 atom stereocenters. The Hall–Kier alpha value is -1.71. The number of piperazine rings is 1.